The third kappa shape index (κ3) is 3.99. The van der Waals surface area contributed by atoms with Gasteiger partial charge in [0.25, 0.3) is 0 Å². The van der Waals surface area contributed by atoms with E-state index in [1.54, 1.807) is 19.2 Å². The molecule has 0 bridgehead atoms. The summed E-state index contributed by atoms with van der Waals surface area (Å²) in [4.78, 5) is 30.2. The molecule has 2 aromatic heterocycles. The number of aromatic nitrogens is 2. The molecule has 164 valence electrons. The van der Waals surface area contributed by atoms with Crippen molar-refractivity contribution in [1.29, 1.82) is 0 Å². The molecule has 0 spiro atoms. The number of pyridine rings is 1. The maximum absolute atomic E-state index is 12.9. The highest BCUT2D eigenvalue weighted by molar-refractivity contribution is 7.13. The van der Waals surface area contributed by atoms with E-state index in [9.17, 15) is 9.59 Å². The molecule has 6 nitrogen and oxygen atoms in total. The summed E-state index contributed by atoms with van der Waals surface area (Å²) in [6.45, 7) is 0.0609. The van der Waals surface area contributed by atoms with E-state index in [-0.39, 0.29) is 18.6 Å². The Kier molecular flexibility index (Phi) is 5.62. The summed E-state index contributed by atoms with van der Waals surface area (Å²) in [6.07, 6.45) is 0. The molecule has 0 radical (unpaired) electrons. The van der Waals surface area contributed by atoms with Crippen LogP contribution in [0, 0.1) is 0 Å². The molecular weight excluding hydrogens is 436 g/mol. The second kappa shape index (κ2) is 8.88. The first-order valence-corrected chi connectivity index (χ1v) is 11.3. The van der Waals surface area contributed by atoms with Gasteiger partial charge in [-0.1, -0.05) is 36.4 Å². The fraction of sp³-hybridized carbons (Fsp3) is 0.115. The number of para-hydroxylation sites is 3. The van der Waals surface area contributed by atoms with Crippen LogP contribution in [-0.2, 0) is 22.7 Å². The Morgan fingerprint density at radius 1 is 0.939 bits per heavy atom. The van der Waals surface area contributed by atoms with Crippen molar-refractivity contribution < 1.29 is 14.3 Å². The van der Waals surface area contributed by atoms with E-state index in [1.807, 2.05) is 70.6 Å². The molecule has 0 N–H and O–H groups in total. The van der Waals surface area contributed by atoms with Gasteiger partial charge >= 0.3 is 5.97 Å². The molecule has 3 aromatic carbocycles. The Hall–Kier alpha value is -3.97. The van der Waals surface area contributed by atoms with Gasteiger partial charge in [0.05, 0.1) is 29.4 Å². The molecule has 0 unspecified atom stereocenters. The Labute approximate surface area is 193 Å². The number of nitrogens with zero attached hydrogens (tertiary/aromatic N) is 2. The van der Waals surface area contributed by atoms with Crippen LogP contribution in [0.2, 0.25) is 0 Å². The van der Waals surface area contributed by atoms with E-state index in [2.05, 4.69) is 4.98 Å². The highest BCUT2D eigenvalue weighted by atomic mass is 32.1. The van der Waals surface area contributed by atoms with E-state index < -0.39 is 5.97 Å². The van der Waals surface area contributed by atoms with Crippen molar-refractivity contribution in [2.75, 3.05) is 7.11 Å². The molecule has 5 rings (SSSR count). The zero-order valence-electron chi connectivity index (χ0n) is 17.9. The van der Waals surface area contributed by atoms with Crippen molar-refractivity contribution in [2.24, 2.45) is 0 Å². The molecule has 0 saturated heterocycles. The Balaban J connectivity index is 1.38. The zero-order chi connectivity index (χ0) is 22.8. The minimum Gasteiger partial charge on any atom is -0.496 e. The van der Waals surface area contributed by atoms with Gasteiger partial charge in [-0.2, -0.15) is 0 Å². The second-order valence-electron chi connectivity index (χ2n) is 7.45. The first-order valence-electron chi connectivity index (χ1n) is 10.4. The number of fused-ring (bicyclic) bond motifs is 2. The average Bonchev–Trinajstić information content (AvgIpc) is 3.34. The van der Waals surface area contributed by atoms with Crippen LogP contribution in [0.1, 0.15) is 5.69 Å². The van der Waals surface area contributed by atoms with Crippen LogP contribution >= 0.6 is 11.3 Å². The number of hydrogen-bond donors (Lipinski definition) is 0. The number of thiazole rings is 1. The summed E-state index contributed by atoms with van der Waals surface area (Å²) in [6, 6.07) is 22.3. The summed E-state index contributed by atoms with van der Waals surface area (Å²) < 4.78 is 12.8. The number of benzene rings is 3. The van der Waals surface area contributed by atoms with Crippen LogP contribution in [0.3, 0.4) is 0 Å². The van der Waals surface area contributed by atoms with Gasteiger partial charge < -0.3 is 14.0 Å². The monoisotopic (exact) mass is 456 g/mol. The molecule has 0 saturated carbocycles. The van der Waals surface area contributed by atoms with Crippen LogP contribution in [0.15, 0.2) is 83.0 Å². The van der Waals surface area contributed by atoms with Crippen LogP contribution in [0.4, 0.5) is 0 Å². The summed E-state index contributed by atoms with van der Waals surface area (Å²) in [5.74, 6) is 0.341. The largest absolute Gasteiger partial charge is 0.496 e. The molecule has 2 heterocycles. The number of ether oxygens (including phenoxy) is 2. The molecule has 0 amide bonds. The van der Waals surface area contributed by atoms with E-state index in [4.69, 9.17) is 9.47 Å². The average molecular weight is 457 g/mol. The van der Waals surface area contributed by atoms with Gasteiger partial charge in [0.1, 0.15) is 23.9 Å². The standard InChI is InChI=1S/C26H20N2O4S/c1-31-23-13-7-4-10-20(23)26-27-17(16-33-26)15-32-24(29)14-28-21-11-5-2-8-18(21)25(30)19-9-3-6-12-22(19)28/h2-13,16H,14-15H2,1H3. The van der Waals surface area contributed by atoms with Crippen LogP contribution in [0.25, 0.3) is 32.4 Å². The summed E-state index contributed by atoms with van der Waals surface area (Å²) in [5.41, 5.74) is 2.92. The summed E-state index contributed by atoms with van der Waals surface area (Å²) >= 11 is 1.47. The second-order valence-corrected chi connectivity index (χ2v) is 8.31. The number of rotatable bonds is 6. The fourth-order valence-electron chi connectivity index (χ4n) is 3.89. The van der Waals surface area contributed by atoms with Gasteiger partial charge in [0.2, 0.25) is 0 Å². The van der Waals surface area contributed by atoms with Gasteiger partial charge in [0, 0.05) is 16.2 Å². The number of methoxy groups -OCH3 is 1. The number of hydrogen-bond acceptors (Lipinski definition) is 6. The smallest absolute Gasteiger partial charge is 0.326 e. The van der Waals surface area contributed by atoms with E-state index in [0.29, 0.717) is 27.5 Å². The molecule has 5 aromatic rings. The molecule has 0 aliphatic rings. The topological polar surface area (TPSA) is 70.4 Å². The quantitative estimate of drug-likeness (QED) is 0.265. The van der Waals surface area contributed by atoms with Gasteiger partial charge in [-0.15, -0.1) is 11.3 Å². The third-order valence-electron chi connectivity index (χ3n) is 5.44. The Morgan fingerprint density at radius 3 is 2.27 bits per heavy atom. The highest BCUT2D eigenvalue weighted by Crippen LogP contribution is 2.32. The maximum atomic E-state index is 12.9. The lowest BCUT2D eigenvalue weighted by atomic mass is 10.1. The van der Waals surface area contributed by atoms with E-state index in [1.165, 1.54) is 11.3 Å². The van der Waals surface area contributed by atoms with Crippen molar-refractivity contribution >= 4 is 39.1 Å². The van der Waals surface area contributed by atoms with Gasteiger partial charge in [-0.25, -0.2) is 4.98 Å². The Morgan fingerprint density at radius 2 is 1.58 bits per heavy atom. The van der Waals surface area contributed by atoms with Crippen LogP contribution in [-0.4, -0.2) is 22.6 Å². The van der Waals surface area contributed by atoms with Crippen LogP contribution < -0.4 is 10.2 Å². The fourth-order valence-corrected chi connectivity index (χ4v) is 4.73. The van der Waals surface area contributed by atoms with Crippen molar-refractivity contribution in [3.05, 3.63) is 94.1 Å². The van der Waals surface area contributed by atoms with Crippen molar-refractivity contribution in [2.45, 2.75) is 13.2 Å². The first kappa shape index (κ1) is 20.9. The normalized spacial score (nSPS) is 11.1. The van der Waals surface area contributed by atoms with Crippen LogP contribution in [0.5, 0.6) is 5.75 Å². The Bertz CT molecular complexity index is 1480. The molecular formula is C26H20N2O4S. The van der Waals surface area contributed by atoms with E-state index >= 15 is 0 Å². The van der Waals surface area contributed by atoms with Gasteiger partial charge in [0.15, 0.2) is 5.43 Å². The SMILES string of the molecule is COc1ccccc1-c1nc(COC(=O)Cn2c3ccccc3c(=O)c3ccccc32)cs1. The molecule has 33 heavy (non-hydrogen) atoms. The molecule has 7 heteroatoms. The van der Waals surface area contributed by atoms with Crippen molar-refractivity contribution in [3.63, 3.8) is 0 Å². The molecule has 0 atom stereocenters. The first-order chi connectivity index (χ1) is 16.2. The maximum Gasteiger partial charge on any atom is 0.326 e. The minimum absolute atomic E-state index is 0.00912. The summed E-state index contributed by atoms with van der Waals surface area (Å²) in [7, 11) is 1.62. The molecule has 0 aliphatic carbocycles. The van der Waals surface area contributed by atoms with Gasteiger partial charge in [-0.3, -0.25) is 9.59 Å². The van der Waals surface area contributed by atoms with E-state index in [0.717, 1.165) is 16.3 Å². The third-order valence-corrected chi connectivity index (χ3v) is 6.36. The molecule has 0 fully saturated rings. The molecule has 0 aliphatic heterocycles. The van der Waals surface area contributed by atoms with Crippen molar-refractivity contribution in [3.8, 4) is 16.3 Å². The lowest BCUT2D eigenvalue weighted by molar-refractivity contribution is -0.145. The number of carbonyl (C=O) groups is 1. The van der Waals surface area contributed by atoms with Gasteiger partial charge in [-0.05, 0) is 36.4 Å². The lowest BCUT2D eigenvalue weighted by Gasteiger charge is -2.14. The zero-order valence-corrected chi connectivity index (χ0v) is 18.7. The number of carbonyl (C=O) groups excluding carboxylic acids is 1. The van der Waals surface area contributed by atoms with Crippen molar-refractivity contribution in [1.82, 2.24) is 9.55 Å². The predicted octanol–water partition coefficient (Wildman–Crippen LogP) is 5.03. The highest BCUT2D eigenvalue weighted by Gasteiger charge is 2.15. The number of esters is 1. The minimum atomic E-state index is -0.402. The summed E-state index contributed by atoms with van der Waals surface area (Å²) in [5, 5.41) is 3.82. The lowest BCUT2D eigenvalue weighted by Crippen LogP contribution is -2.18. The predicted molar refractivity (Wildman–Crippen MR) is 130 cm³/mol.